The molecule has 0 unspecified atom stereocenters. The number of ether oxygens (including phenoxy) is 1. The molecule has 0 fully saturated rings. The smallest absolute Gasteiger partial charge is 0.120 e. The number of fused-ring (bicyclic) bond motifs is 1. The Labute approximate surface area is 112 Å². The molecule has 1 aromatic carbocycles. The van der Waals surface area contributed by atoms with Crippen LogP contribution in [0.2, 0.25) is 0 Å². The zero-order valence-corrected chi connectivity index (χ0v) is 11.3. The van der Waals surface area contributed by atoms with Gasteiger partial charge in [-0.1, -0.05) is 5.21 Å². The van der Waals surface area contributed by atoms with Crippen LogP contribution in [0.5, 0.6) is 5.75 Å². The number of benzene rings is 1. The molecule has 90 valence electrons. The average Bonchev–Trinajstić information content (AvgIpc) is 2.81. The maximum absolute atomic E-state index is 5.14. The standard InChI is InChI=1S/C13H10BrN3O/c1-18-11-5-2-9(3-6-11)13-12-7-4-10(14)8-17(12)16-15-13/h2-8H,1H3. The van der Waals surface area contributed by atoms with Crippen LogP contribution in [-0.2, 0) is 0 Å². The predicted molar refractivity (Wildman–Crippen MR) is 72.7 cm³/mol. The summed E-state index contributed by atoms with van der Waals surface area (Å²) in [5.41, 5.74) is 2.86. The zero-order chi connectivity index (χ0) is 12.5. The quantitative estimate of drug-likeness (QED) is 0.730. The van der Waals surface area contributed by atoms with E-state index in [1.807, 2.05) is 42.6 Å². The highest BCUT2D eigenvalue weighted by Crippen LogP contribution is 2.25. The van der Waals surface area contributed by atoms with Gasteiger partial charge in [0.1, 0.15) is 11.4 Å². The second kappa shape index (κ2) is 4.42. The van der Waals surface area contributed by atoms with E-state index in [0.717, 1.165) is 27.0 Å². The zero-order valence-electron chi connectivity index (χ0n) is 9.67. The SMILES string of the molecule is COc1ccc(-c2nnn3cc(Br)ccc23)cc1. The van der Waals surface area contributed by atoms with Crippen molar-refractivity contribution >= 4 is 21.4 Å². The summed E-state index contributed by atoms with van der Waals surface area (Å²) in [4.78, 5) is 0. The number of nitrogens with zero attached hydrogens (tertiary/aromatic N) is 3. The second-order valence-electron chi connectivity index (χ2n) is 3.84. The summed E-state index contributed by atoms with van der Waals surface area (Å²) in [6, 6.07) is 11.8. The van der Waals surface area contributed by atoms with Crippen molar-refractivity contribution in [1.82, 2.24) is 14.8 Å². The van der Waals surface area contributed by atoms with Crippen molar-refractivity contribution in [3.8, 4) is 17.0 Å². The maximum Gasteiger partial charge on any atom is 0.120 e. The largest absolute Gasteiger partial charge is 0.497 e. The number of rotatable bonds is 2. The third-order valence-electron chi connectivity index (χ3n) is 2.74. The van der Waals surface area contributed by atoms with Gasteiger partial charge in [-0.25, -0.2) is 4.52 Å². The van der Waals surface area contributed by atoms with Crippen molar-refractivity contribution in [1.29, 1.82) is 0 Å². The summed E-state index contributed by atoms with van der Waals surface area (Å²) in [6.07, 6.45) is 1.88. The lowest BCUT2D eigenvalue weighted by Crippen LogP contribution is -1.85. The van der Waals surface area contributed by atoms with Crippen molar-refractivity contribution in [2.75, 3.05) is 7.11 Å². The number of hydrogen-bond acceptors (Lipinski definition) is 3. The molecule has 5 heteroatoms. The Kier molecular flexibility index (Phi) is 2.76. The summed E-state index contributed by atoms with van der Waals surface area (Å²) in [6.45, 7) is 0. The number of methoxy groups -OCH3 is 1. The molecule has 18 heavy (non-hydrogen) atoms. The Bertz CT molecular complexity index is 691. The molecule has 2 heterocycles. The number of aromatic nitrogens is 3. The molecule has 0 saturated carbocycles. The molecule has 0 aliphatic heterocycles. The molecular weight excluding hydrogens is 294 g/mol. The molecular formula is C13H10BrN3O. The molecule has 2 aromatic heterocycles. The maximum atomic E-state index is 5.14. The summed E-state index contributed by atoms with van der Waals surface area (Å²) in [5, 5.41) is 8.32. The average molecular weight is 304 g/mol. The van der Waals surface area contributed by atoms with Gasteiger partial charge in [-0.15, -0.1) is 5.10 Å². The molecule has 0 bridgehead atoms. The molecule has 0 saturated heterocycles. The first-order valence-electron chi connectivity index (χ1n) is 5.43. The fourth-order valence-electron chi connectivity index (χ4n) is 1.82. The van der Waals surface area contributed by atoms with Crippen LogP contribution in [0, 0.1) is 0 Å². The van der Waals surface area contributed by atoms with Crippen LogP contribution in [0.3, 0.4) is 0 Å². The van der Waals surface area contributed by atoms with Gasteiger partial charge in [-0.2, -0.15) is 0 Å². The van der Waals surface area contributed by atoms with E-state index < -0.39 is 0 Å². The van der Waals surface area contributed by atoms with E-state index in [1.54, 1.807) is 11.6 Å². The lowest BCUT2D eigenvalue weighted by molar-refractivity contribution is 0.415. The topological polar surface area (TPSA) is 39.4 Å². The third-order valence-corrected chi connectivity index (χ3v) is 3.21. The number of pyridine rings is 1. The van der Waals surface area contributed by atoms with Crippen molar-refractivity contribution < 1.29 is 4.74 Å². The molecule has 0 atom stereocenters. The molecule has 0 radical (unpaired) electrons. The van der Waals surface area contributed by atoms with E-state index in [2.05, 4.69) is 26.2 Å². The Morgan fingerprint density at radius 2 is 1.89 bits per heavy atom. The first-order valence-corrected chi connectivity index (χ1v) is 6.22. The molecule has 0 aliphatic rings. The lowest BCUT2D eigenvalue weighted by atomic mass is 10.1. The van der Waals surface area contributed by atoms with Crippen molar-refractivity contribution in [3.63, 3.8) is 0 Å². The van der Waals surface area contributed by atoms with Crippen LogP contribution in [0.4, 0.5) is 0 Å². The molecule has 3 rings (SSSR count). The second-order valence-corrected chi connectivity index (χ2v) is 4.76. The lowest BCUT2D eigenvalue weighted by Gasteiger charge is -2.01. The van der Waals surface area contributed by atoms with Gasteiger partial charge < -0.3 is 4.74 Å². The third kappa shape index (κ3) is 1.86. The molecule has 0 N–H and O–H groups in total. The Hall–Kier alpha value is -1.88. The number of halogens is 1. The Balaban J connectivity index is 2.13. The van der Waals surface area contributed by atoms with E-state index in [9.17, 15) is 0 Å². The van der Waals surface area contributed by atoms with Crippen LogP contribution in [0.15, 0.2) is 47.1 Å². The Morgan fingerprint density at radius 1 is 1.11 bits per heavy atom. The normalized spacial score (nSPS) is 10.8. The fourth-order valence-corrected chi connectivity index (χ4v) is 2.15. The Morgan fingerprint density at radius 3 is 2.61 bits per heavy atom. The van der Waals surface area contributed by atoms with Crippen molar-refractivity contribution in [2.24, 2.45) is 0 Å². The van der Waals surface area contributed by atoms with Crippen LogP contribution < -0.4 is 4.74 Å². The molecule has 4 nitrogen and oxygen atoms in total. The van der Waals surface area contributed by atoms with Crippen LogP contribution >= 0.6 is 15.9 Å². The van der Waals surface area contributed by atoms with Crippen LogP contribution in [0.25, 0.3) is 16.8 Å². The van der Waals surface area contributed by atoms with Crippen molar-refractivity contribution in [3.05, 3.63) is 47.1 Å². The van der Waals surface area contributed by atoms with Gasteiger partial charge in [0.2, 0.25) is 0 Å². The van der Waals surface area contributed by atoms with Gasteiger partial charge in [0.25, 0.3) is 0 Å². The highest BCUT2D eigenvalue weighted by Gasteiger charge is 2.08. The molecule has 0 amide bonds. The minimum absolute atomic E-state index is 0.831. The highest BCUT2D eigenvalue weighted by atomic mass is 79.9. The summed E-state index contributed by atoms with van der Waals surface area (Å²) < 4.78 is 7.87. The van der Waals surface area contributed by atoms with E-state index in [-0.39, 0.29) is 0 Å². The highest BCUT2D eigenvalue weighted by molar-refractivity contribution is 9.10. The van der Waals surface area contributed by atoms with Gasteiger partial charge in [-0.05, 0) is 52.3 Å². The van der Waals surface area contributed by atoms with Crippen LogP contribution in [-0.4, -0.2) is 21.9 Å². The molecule has 0 spiro atoms. The first kappa shape index (κ1) is 11.2. The van der Waals surface area contributed by atoms with E-state index in [1.165, 1.54) is 0 Å². The predicted octanol–water partition coefficient (Wildman–Crippen LogP) is 3.17. The fraction of sp³-hybridized carbons (Fsp3) is 0.0769. The van der Waals surface area contributed by atoms with Crippen LogP contribution in [0.1, 0.15) is 0 Å². The van der Waals surface area contributed by atoms with Crippen molar-refractivity contribution in [2.45, 2.75) is 0 Å². The first-order chi connectivity index (χ1) is 8.78. The summed E-state index contributed by atoms with van der Waals surface area (Å²) >= 11 is 3.41. The van der Waals surface area contributed by atoms with Gasteiger partial charge in [0, 0.05) is 16.2 Å². The minimum atomic E-state index is 0.831. The summed E-state index contributed by atoms with van der Waals surface area (Å²) in [7, 11) is 1.65. The van der Waals surface area contributed by atoms with Gasteiger partial charge in [0.15, 0.2) is 0 Å². The monoisotopic (exact) mass is 303 g/mol. The van der Waals surface area contributed by atoms with E-state index >= 15 is 0 Å². The molecule has 0 aliphatic carbocycles. The minimum Gasteiger partial charge on any atom is -0.497 e. The van der Waals surface area contributed by atoms with Gasteiger partial charge in [0.05, 0.1) is 12.6 Å². The van der Waals surface area contributed by atoms with Gasteiger partial charge >= 0.3 is 0 Å². The van der Waals surface area contributed by atoms with Gasteiger partial charge in [-0.3, -0.25) is 0 Å². The van der Waals surface area contributed by atoms with E-state index in [4.69, 9.17) is 4.74 Å². The number of hydrogen-bond donors (Lipinski definition) is 0. The summed E-state index contributed by atoms with van der Waals surface area (Å²) in [5.74, 6) is 0.831. The van der Waals surface area contributed by atoms with E-state index in [0.29, 0.717) is 0 Å². The molecule has 3 aromatic rings.